The molecule has 1 heterocycles. The van der Waals surface area contributed by atoms with Gasteiger partial charge in [-0.3, -0.25) is 14.4 Å². The van der Waals surface area contributed by atoms with Crippen LogP contribution in [0.15, 0.2) is 109 Å². The number of carbonyl (C=O) groups excluding carboxylic acids is 3. The number of carboxylic acid groups (broad SMARTS) is 1. The molecule has 12 heteroatoms. The molecular formula is C71H116O12. The van der Waals surface area contributed by atoms with Crippen molar-refractivity contribution >= 4 is 23.9 Å². The maximum atomic E-state index is 13.2. The van der Waals surface area contributed by atoms with Crippen LogP contribution in [0.1, 0.15) is 265 Å². The van der Waals surface area contributed by atoms with E-state index in [1.165, 1.54) is 38.5 Å². The molecule has 0 aromatic rings. The number of unbranched alkanes of at least 4 members (excludes halogenated alkanes) is 23. The monoisotopic (exact) mass is 1160 g/mol. The molecule has 0 bridgehead atoms. The quantitative estimate of drug-likeness (QED) is 0.0228. The van der Waals surface area contributed by atoms with Crippen LogP contribution in [0.25, 0.3) is 0 Å². The predicted molar refractivity (Wildman–Crippen MR) is 340 cm³/mol. The number of hydrogen-bond donors (Lipinski definition) is 3. The molecule has 1 fully saturated rings. The Morgan fingerprint density at radius 3 is 1.16 bits per heavy atom. The summed E-state index contributed by atoms with van der Waals surface area (Å²) in [6, 6.07) is 0. The second-order valence-corrected chi connectivity index (χ2v) is 22.0. The minimum Gasteiger partial charge on any atom is -0.479 e. The van der Waals surface area contributed by atoms with Gasteiger partial charge in [0.15, 0.2) is 24.6 Å². The van der Waals surface area contributed by atoms with Gasteiger partial charge in [0.1, 0.15) is 18.8 Å². The first-order valence-corrected chi connectivity index (χ1v) is 32.9. The third-order valence-corrected chi connectivity index (χ3v) is 14.3. The summed E-state index contributed by atoms with van der Waals surface area (Å²) >= 11 is 0. The largest absolute Gasteiger partial charge is 0.479 e. The van der Waals surface area contributed by atoms with Crippen molar-refractivity contribution in [1.82, 2.24) is 0 Å². The lowest BCUT2D eigenvalue weighted by Crippen LogP contribution is -2.61. The SMILES string of the molecule is CC/C=C\C/C=C\C/C=C\C/C=C\CCCCCCCCC(=O)OCC(COC1OC(C(=O)O)C(O)C(O)C1OC(=O)CCCCCCCC/C=C\C/C=C\C/C=C\CCCCC)OC(=O)CCCCCCC/C=C\C/C=C\CCCCC. The van der Waals surface area contributed by atoms with Crippen LogP contribution >= 0.6 is 0 Å². The highest BCUT2D eigenvalue weighted by Gasteiger charge is 2.50. The molecule has 0 aromatic heterocycles. The lowest BCUT2D eigenvalue weighted by atomic mass is 9.98. The van der Waals surface area contributed by atoms with E-state index in [1.54, 1.807) is 0 Å². The van der Waals surface area contributed by atoms with Gasteiger partial charge in [-0.05, 0) is 128 Å². The summed E-state index contributed by atoms with van der Waals surface area (Å²) in [4.78, 5) is 51.4. The van der Waals surface area contributed by atoms with E-state index in [2.05, 4.69) is 130 Å². The number of aliphatic hydroxyl groups is 2. The minimum atomic E-state index is -1.92. The average Bonchev–Trinajstić information content (AvgIpc) is 3.57. The maximum absolute atomic E-state index is 13.2. The van der Waals surface area contributed by atoms with Crippen molar-refractivity contribution in [3.8, 4) is 0 Å². The van der Waals surface area contributed by atoms with Crippen molar-refractivity contribution < 1.29 is 58.2 Å². The fraction of sp³-hybridized carbons (Fsp3) is 0.690. The summed E-state index contributed by atoms with van der Waals surface area (Å²) in [6.07, 6.45) is 66.0. The van der Waals surface area contributed by atoms with Crippen molar-refractivity contribution in [2.75, 3.05) is 13.2 Å². The second-order valence-electron chi connectivity index (χ2n) is 22.0. The van der Waals surface area contributed by atoms with E-state index in [-0.39, 0.29) is 25.9 Å². The average molecular weight is 1160 g/mol. The molecule has 1 saturated heterocycles. The van der Waals surface area contributed by atoms with Crippen LogP contribution in [0.3, 0.4) is 0 Å². The normalized spacial score (nSPS) is 18.3. The lowest BCUT2D eigenvalue weighted by molar-refractivity contribution is -0.301. The van der Waals surface area contributed by atoms with Gasteiger partial charge in [0.05, 0.1) is 6.61 Å². The van der Waals surface area contributed by atoms with Gasteiger partial charge >= 0.3 is 23.9 Å². The van der Waals surface area contributed by atoms with Crippen LogP contribution in [0.4, 0.5) is 0 Å². The number of aliphatic hydroxyl groups excluding tert-OH is 2. The molecule has 3 N–H and O–H groups in total. The highest BCUT2D eigenvalue weighted by atomic mass is 16.7. The molecule has 1 aliphatic heterocycles. The number of allylic oxidation sites excluding steroid dienone is 18. The van der Waals surface area contributed by atoms with E-state index in [0.717, 1.165) is 167 Å². The van der Waals surface area contributed by atoms with Crippen LogP contribution in [0.5, 0.6) is 0 Å². The Morgan fingerprint density at radius 2 is 0.759 bits per heavy atom. The van der Waals surface area contributed by atoms with Crippen molar-refractivity contribution in [2.45, 2.75) is 302 Å². The van der Waals surface area contributed by atoms with Crippen LogP contribution in [-0.2, 0) is 42.9 Å². The Bertz CT molecular complexity index is 1860. The molecule has 12 nitrogen and oxygen atoms in total. The molecule has 0 amide bonds. The van der Waals surface area contributed by atoms with Gasteiger partial charge in [-0.15, -0.1) is 0 Å². The van der Waals surface area contributed by atoms with E-state index in [0.29, 0.717) is 19.3 Å². The van der Waals surface area contributed by atoms with Gasteiger partial charge in [0.25, 0.3) is 0 Å². The van der Waals surface area contributed by atoms with Gasteiger partial charge in [-0.2, -0.15) is 0 Å². The van der Waals surface area contributed by atoms with Crippen molar-refractivity contribution in [1.29, 1.82) is 0 Å². The number of hydrogen-bond acceptors (Lipinski definition) is 11. The summed E-state index contributed by atoms with van der Waals surface area (Å²) in [5, 5.41) is 31.6. The molecule has 0 spiro atoms. The lowest BCUT2D eigenvalue weighted by Gasteiger charge is -2.40. The molecule has 6 unspecified atom stereocenters. The van der Waals surface area contributed by atoms with E-state index < -0.39 is 67.3 Å². The first kappa shape index (κ1) is 76.4. The van der Waals surface area contributed by atoms with Crippen LogP contribution in [-0.4, -0.2) is 89.2 Å². The zero-order valence-corrected chi connectivity index (χ0v) is 52.2. The standard InChI is InChI=1S/C71H116O12/c1-4-7-10-13-16-19-22-25-28-30-32-34-37-39-42-45-48-51-54-57-63(72)79-60-62(81-64(73)58-55-52-49-46-43-40-36-27-24-21-18-15-12-9-6-3)61-80-71-69(67(76)66(75)68(83-71)70(77)78)82-65(74)59-56-53-50-47-44-41-38-35-33-31-29-26-23-20-17-14-11-8-5-2/h7,10,16-21,25-29,32-36,62,66-69,71,75-76H,4-6,8-9,11-15,22-24,30-31,37-61H2,1-3H3,(H,77,78)/b10-7-,19-16-,20-17-,21-18-,28-25-,29-26-,34-32-,35-33-,36-27-. The summed E-state index contributed by atoms with van der Waals surface area (Å²) in [5.74, 6) is -3.18. The molecule has 6 atom stereocenters. The van der Waals surface area contributed by atoms with Crippen molar-refractivity contribution in [3.05, 3.63) is 109 Å². The third-order valence-electron chi connectivity index (χ3n) is 14.3. The highest BCUT2D eigenvalue weighted by molar-refractivity contribution is 5.74. The summed E-state index contributed by atoms with van der Waals surface area (Å²) < 4.78 is 28.5. The van der Waals surface area contributed by atoms with Gasteiger partial charge in [0.2, 0.25) is 0 Å². The van der Waals surface area contributed by atoms with Crippen molar-refractivity contribution in [2.24, 2.45) is 0 Å². The smallest absolute Gasteiger partial charge is 0.335 e. The molecule has 472 valence electrons. The summed E-state index contributed by atoms with van der Waals surface area (Å²) in [6.45, 7) is 5.82. The van der Waals surface area contributed by atoms with E-state index in [4.69, 9.17) is 23.7 Å². The summed E-state index contributed by atoms with van der Waals surface area (Å²) in [5.41, 5.74) is 0. The van der Waals surface area contributed by atoms with Crippen LogP contribution < -0.4 is 0 Å². The van der Waals surface area contributed by atoms with Gasteiger partial charge < -0.3 is 39.0 Å². The fourth-order valence-corrected chi connectivity index (χ4v) is 9.28. The molecule has 1 aliphatic rings. The summed E-state index contributed by atoms with van der Waals surface area (Å²) in [7, 11) is 0. The Kier molecular flexibility index (Phi) is 53.2. The first-order valence-electron chi connectivity index (χ1n) is 32.9. The Balaban J connectivity index is 2.68. The molecule has 1 rings (SSSR count). The number of esters is 3. The Morgan fingerprint density at radius 1 is 0.410 bits per heavy atom. The highest BCUT2D eigenvalue weighted by Crippen LogP contribution is 2.26. The topological polar surface area (TPSA) is 175 Å². The molecule has 0 aliphatic carbocycles. The zero-order chi connectivity index (χ0) is 60.3. The fourth-order valence-electron chi connectivity index (χ4n) is 9.28. The van der Waals surface area contributed by atoms with Crippen molar-refractivity contribution in [3.63, 3.8) is 0 Å². The predicted octanol–water partition coefficient (Wildman–Crippen LogP) is 17.8. The van der Waals surface area contributed by atoms with Gasteiger partial charge in [0, 0.05) is 19.3 Å². The number of aliphatic carboxylic acids is 1. The molecular weight excluding hydrogens is 1040 g/mol. The van der Waals surface area contributed by atoms with E-state index in [1.807, 2.05) is 0 Å². The first-order chi connectivity index (χ1) is 40.6. The Hall–Kier alpha value is -4.62. The van der Waals surface area contributed by atoms with Crippen LogP contribution in [0.2, 0.25) is 0 Å². The molecule has 0 saturated carbocycles. The van der Waals surface area contributed by atoms with Gasteiger partial charge in [-0.1, -0.05) is 226 Å². The zero-order valence-electron chi connectivity index (χ0n) is 52.2. The third kappa shape index (κ3) is 47.3. The number of ether oxygens (including phenoxy) is 5. The Labute approximate surface area is 504 Å². The van der Waals surface area contributed by atoms with Crippen LogP contribution in [0, 0.1) is 0 Å². The minimum absolute atomic E-state index is 0.0380. The number of rotatable bonds is 55. The maximum Gasteiger partial charge on any atom is 0.335 e. The number of carbonyl (C=O) groups is 4. The molecule has 0 aromatic carbocycles. The molecule has 0 radical (unpaired) electrons. The van der Waals surface area contributed by atoms with Gasteiger partial charge in [-0.25, -0.2) is 4.79 Å². The molecule has 83 heavy (non-hydrogen) atoms. The number of carboxylic acids is 1. The van der Waals surface area contributed by atoms with E-state index >= 15 is 0 Å². The second kappa shape index (κ2) is 57.8. The van der Waals surface area contributed by atoms with E-state index in [9.17, 15) is 34.5 Å².